The summed E-state index contributed by atoms with van der Waals surface area (Å²) in [4.78, 5) is 0. The van der Waals surface area contributed by atoms with Gasteiger partial charge in [-0.05, 0) is 43.9 Å². The lowest BCUT2D eigenvalue weighted by Crippen LogP contribution is -2.25. The molecule has 1 rings (SSSR count). The molecule has 0 bridgehead atoms. The van der Waals surface area contributed by atoms with Crippen molar-refractivity contribution in [1.29, 1.82) is 0 Å². The third-order valence-electron chi connectivity index (χ3n) is 3.94. The highest BCUT2D eigenvalue weighted by molar-refractivity contribution is 4.74. The molecule has 84 valence electrons. The maximum atomic E-state index is 5.86. The molecule has 4 atom stereocenters. The topological polar surface area (TPSA) is 9.23 Å². The zero-order valence-corrected chi connectivity index (χ0v) is 10.3. The molecule has 0 aromatic heterocycles. The Balaban J connectivity index is 2.59. The monoisotopic (exact) mass is 198 g/mol. The summed E-state index contributed by atoms with van der Waals surface area (Å²) in [6.45, 7) is 10.3. The number of ether oxygens (including phenoxy) is 1. The van der Waals surface area contributed by atoms with Gasteiger partial charge in [-0.1, -0.05) is 27.2 Å². The Hall–Kier alpha value is -0.0400. The third-order valence-corrected chi connectivity index (χ3v) is 3.94. The van der Waals surface area contributed by atoms with E-state index in [-0.39, 0.29) is 0 Å². The second kappa shape index (κ2) is 5.75. The molecule has 14 heavy (non-hydrogen) atoms. The quantitative estimate of drug-likeness (QED) is 0.621. The Morgan fingerprint density at radius 1 is 1.21 bits per heavy atom. The van der Waals surface area contributed by atoms with E-state index in [0.717, 1.165) is 24.4 Å². The first-order chi connectivity index (χ1) is 6.65. The molecule has 0 radical (unpaired) electrons. The molecule has 0 aromatic rings. The van der Waals surface area contributed by atoms with Gasteiger partial charge >= 0.3 is 0 Å². The molecule has 0 saturated carbocycles. The van der Waals surface area contributed by atoms with Crippen molar-refractivity contribution in [1.82, 2.24) is 0 Å². The van der Waals surface area contributed by atoms with Gasteiger partial charge in [0, 0.05) is 6.61 Å². The predicted octanol–water partition coefficient (Wildman–Crippen LogP) is 3.87. The highest BCUT2D eigenvalue weighted by atomic mass is 16.5. The molecular weight excluding hydrogens is 172 g/mol. The van der Waals surface area contributed by atoms with Crippen LogP contribution in [0.4, 0.5) is 0 Å². The van der Waals surface area contributed by atoms with E-state index in [1.165, 1.54) is 25.7 Å². The minimum atomic E-state index is 0.449. The number of rotatable bonds is 1. The Bertz CT molecular complexity index is 155. The molecular formula is C13H26O. The zero-order valence-electron chi connectivity index (χ0n) is 10.3. The highest BCUT2D eigenvalue weighted by Gasteiger charge is 2.24. The SMILES string of the molecule is CCC1CC(C)CCCOC(C)C1C. The molecule has 0 N–H and O–H groups in total. The summed E-state index contributed by atoms with van der Waals surface area (Å²) < 4.78 is 5.86. The van der Waals surface area contributed by atoms with Gasteiger partial charge in [0.05, 0.1) is 6.10 Å². The highest BCUT2D eigenvalue weighted by Crippen LogP contribution is 2.30. The lowest BCUT2D eigenvalue weighted by atomic mass is 9.81. The molecule has 1 aliphatic rings. The fourth-order valence-electron chi connectivity index (χ4n) is 2.62. The van der Waals surface area contributed by atoms with E-state index in [9.17, 15) is 0 Å². The van der Waals surface area contributed by atoms with Crippen molar-refractivity contribution in [3.63, 3.8) is 0 Å². The van der Waals surface area contributed by atoms with Crippen molar-refractivity contribution in [3.8, 4) is 0 Å². The van der Waals surface area contributed by atoms with Crippen LogP contribution in [0.15, 0.2) is 0 Å². The Labute approximate surface area is 89.2 Å². The molecule has 1 nitrogen and oxygen atoms in total. The first-order valence-electron chi connectivity index (χ1n) is 6.26. The van der Waals surface area contributed by atoms with Crippen molar-refractivity contribution >= 4 is 0 Å². The van der Waals surface area contributed by atoms with Crippen LogP contribution in [0.3, 0.4) is 0 Å². The summed E-state index contributed by atoms with van der Waals surface area (Å²) >= 11 is 0. The third kappa shape index (κ3) is 3.27. The van der Waals surface area contributed by atoms with Crippen molar-refractivity contribution in [2.24, 2.45) is 17.8 Å². The summed E-state index contributed by atoms with van der Waals surface area (Å²) in [5.41, 5.74) is 0. The van der Waals surface area contributed by atoms with E-state index in [0.29, 0.717) is 6.10 Å². The van der Waals surface area contributed by atoms with Gasteiger partial charge < -0.3 is 4.74 Å². The summed E-state index contributed by atoms with van der Waals surface area (Å²) in [6, 6.07) is 0. The standard InChI is InChI=1S/C13H26O/c1-5-13-9-10(2)7-6-8-14-12(4)11(13)3/h10-13H,5-9H2,1-4H3. The van der Waals surface area contributed by atoms with Crippen LogP contribution in [0.2, 0.25) is 0 Å². The average Bonchev–Trinajstić information content (AvgIpc) is 2.23. The molecule has 1 fully saturated rings. The normalized spacial score (nSPS) is 41.1. The molecule has 4 unspecified atom stereocenters. The lowest BCUT2D eigenvalue weighted by Gasteiger charge is -2.28. The van der Waals surface area contributed by atoms with Gasteiger partial charge in [0.25, 0.3) is 0 Å². The predicted molar refractivity (Wildman–Crippen MR) is 61.4 cm³/mol. The van der Waals surface area contributed by atoms with Gasteiger partial charge in [-0.15, -0.1) is 0 Å². The first kappa shape index (κ1) is 12.0. The molecule has 1 aliphatic heterocycles. The summed E-state index contributed by atoms with van der Waals surface area (Å²) in [5, 5.41) is 0. The molecule has 0 spiro atoms. The van der Waals surface area contributed by atoms with Crippen LogP contribution in [-0.4, -0.2) is 12.7 Å². The van der Waals surface area contributed by atoms with Gasteiger partial charge in [-0.25, -0.2) is 0 Å². The van der Waals surface area contributed by atoms with Gasteiger partial charge in [0.15, 0.2) is 0 Å². The Morgan fingerprint density at radius 3 is 2.57 bits per heavy atom. The van der Waals surface area contributed by atoms with Crippen LogP contribution in [-0.2, 0) is 4.74 Å². The van der Waals surface area contributed by atoms with Gasteiger partial charge in [0.1, 0.15) is 0 Å². The van der Waals surface area contributed by atoms with E-state index >= 15 is 0 Å². The van der Waals surface area contributed by atoms with Crippen LogP contribution in [0.25, 0.3) is 0 Å². The largest absolute Gasteiger partial charge is 0.378 e. The molecule has 1 heterocycles. The van der Waals surface area contributed by atoms with E-state index in [1.54, 1.807) is 0 Å². The molecule has 0 aromatic carbocycles. The minimum absolute atomic E-state index is 0.449. The van der Waals surface area contributed by atoms with Crippen LogP contribution in [0.1, 0.15) is 53.4 Å². The second-order valence-corrected chi connectivity index (χ2v) is 5.09. The maximum absolute atomic E-state index is 5.86. The van der Waals surface area contributed by atoms with Crippen molar-refractivity contribution in [2.75, 3.05) is 6.61 Å². The van der Waals surface area contributed by atoms with Gasteiger partial charge in [-0.2, -0.15) is 0 Å². The number of hydrogen-bond acceptors (Lipinski definition) is 1. The first-order valence-corrected chi connectivity index (χ1v) is 6.26. The van der Waals surface area contributed by atoms with Crippen LogP contribution in [0.5, 0.6) is 0 Å². The summed E-state index contributed by atoms with van der Waals surface area (Å²) in [7, 11) is 0. The lowest BCUT2D eigenvalue weighted by molar-refractivity contribution is 0.0130. The van der Waals surface area contributed by atoms with Crippen LogP contribution < -0.4 is 0 Å². The van der Waals surface area contributed by atoms with E-state index in [1.807, 2.05) is 0 Å². The molecule has 1 heteroatoms. The Morgan fingerprint density at radius 2 is 1.93 bits per heavy atom. The molecule has 1 saturated heterocycles. The smallest absolute Gasteiger partial charge is 0.0575 e. The fourth-order valence-corrected chi connectivity index (χ4v) is 2.62. The van der Waals surface area contributed by atoms with Crippen molar-refractivity contribution in [2.45, 2.75) is 59.5 Å². The van der Waals surface area contributed by atoms with E-state index in [2.05, 4.69) is 27.7 Å². The second-order valence-electron chi connectivity index (χ2n) is 5.09. The summed E-state index contributed by atoms with van der Waals surface area (Å²) in [6.07, 6.45) is 5.74. The minimum Gasteiger partial charge on any atom is -0.378 e. The van der Waals surface area contributed by atoms with Gasteiger partial charge in [0.2, 0.25) is 0 Å². The fraction of sp³-hybridized carbons (Fsp3) is 1.00. The number of hydrogen-bond donors (Lipinski definition) is 0. The summed E-state index contributed by atoms with van der Waals surface area (Å²) in [5.74, 6) is 2.47. The zero-order chi connectivity index (χ0) is 10.6. The average molecular weight is 198 g/mol. The van der Waals surface area contributed by atoms with Crippen LogP contribution >= 0.6 is 0 Å². The van der Waals surface area contributed by atoms with E-state index < -0.39 is 0 Å². The van der Waals surface area contributed by atoms with Crippen molar-refractivity contribution < 1.29 is 4.74 Å². The van der Waals surface area contributed by atoms with Gasteiger partial charge in [-0.3, -0.25) is 0 Å². The Kier molecular flexibility index (Phi) is 4.94. The molecule has 0 amide bonds. The molecule has 0 aliphatic carbocycles. The van der Waals surface area contributed by atoms with Crippen LogP contribution in [0, 0.1) is 17.8 Å². The van der Waals surface area contributed by atoms with Crippen molar-refractivity contribution in [3.05, 3.63) is 0 Å². The maximum Gasteiger partial charge on any atom is 0.0575 e. The van der Waals surface area contributed by atoms with E-state index in [4.69, 9.17) is 4.74 Å².